The van der Waals surface area contributed by atoms with Crippen LogP contribution in [0.5, 0.6) is 5.75 Å². The van der Waals surface area contributed by atoms with Crippen molar-refractivity contribution >= 4 is 34.0 Å². The highest BCUT2D eigenvalue weighted by atomic mass is 35.5. The zero-order valence-electron chi connectivity index (χ0n) is 14.3. The Morgan fingerprint density at radius 2 is 1.92 bits per heavy atom. The molecule has 1 aliphatic carbocycles. The van der Waals surface area contributed by atoms with E-state index in [1.165, 1.54) is 25.7 Å². The van der Waals surface area contributed by atoms with Crippen LogP contribution < -0.4 is 10.1 Å². The highest BCUT2D eigenvalue weighted by Crippen LogP contribution is 2.29. The first kappa shape index (κ1) is 16.2. The molecule has 1 aromatic heterocycles. The van der Waals surface area contributed by atoms with Gasteiger partial charge in [-0.2, -0.15) is 0 Å². The molecule has 1 aliphatic rings. The topological polar surface area (TPSA) is 34.1 Å². The summed E-state index contributed by atoms with van der Waals surface area (Å²) < 4.78 is 6.07. The van der Waals surface area contributed by atoms with Crippen LogP contribution in [-0.2, 0) is 0 Å². The highest BCUT2D eigenvalue weighted by Gasteiger charge is 2.16. The van der Waals surface area contributed by atoms with E-state index in [1.54, 1.807) is 0 Å². The normalized spacial score (nSPS) is 14.8. The van der Waals surface area contributed by atoms with Crippen LogP contribution in [0.2, 0.25) is 5.02 Å². The maximum absolute atomic E-state index is 6.26. The van der Waals surface area contributed by atoms with Gasteiger partial charge >= 0.3 is 0 Å². The largest absolute Gasteiger partial charge is 0.490 e. The van der Waals surface area contributed by atoms with Crippen LogP contribution in [0.1, 0.15) is 31.2 Å². The number of aromatic nitrogens is 1. The van der Waals surface area contributed by atoms with Crippen LogP contribution in [0, 0.1) is 6.92 Å². The van der Waals surface area contributed by atoms with E-state index in [2.05, 4.69) is 29.4 Å². The van der Waals surface area contributed by atoms with Gasteiger partial charge in [0.2, 0.25) is 0 Å². The smallest absolute Gasteiger partial charge is 0.131 e. The van der Waals surface area contributed by atoms with E-state index >= 15 is 0 Å². The molecular formula is C21H21ClN2O. The number of hydrogen-bond donors (Lipinski definition) is 1. The summed E-state index contributed by atoms with van der Waals surface area (Å²) in [6, 6.07) is 16.0. The Hall–Kier alpha value is -2.26. The molecule has 0 amide bonds. The minimum Gasteiger partial charge on any atom is -0.490 e. The molecule has 0 aliphatic heterocycles. The predicted molar refractivity (Wildman–Crippen MR) is 104 cm³/mol. The average Bonchev–Trinajstić information content (AvgIpc) is 3.11. The number of rotatable bonds is 4. The van der Waals surface area contributed by atoms with Gasteiger partial charge in [0.15, 0.2) is 0 Å². The Labute approximate surface area is 153 Å². The molecule has 1 saturated carbocycles. The van der Waals surface area contributed by atoms with Crippen molar-refractivity contribution in [3.63, 3.8) is 0 Å². The summed E-state index contributed by atoms with van der Waals surface area (Å²) in [5.41, 5.74) is 2.97. The summed E-state index contributed by atoms with van der Waals surface area (Å²) in [6.07, 6.45) is 5.27. The molecule has 2 aromatic carbocycles. The number of para-hydroxylation sites is 1. The molecule has 25 heavy (non-hydrogen) atoms. The molecule has 128 valence electrons. The van der Waals surface area contributed by atoms with Crippen molar-refractivity contribution < 1.29 is 4.74 Å². The lowest BCUT2D eigenvalue weighted by molar-refractivity contribution is 0.210. The van der Waals surface area contributed by atoms with Crippen molar-refractivity contribution in [3.05, 3.63) is 59.1 Å². The molecule has 1 N–H and O–H groups in total. The zero-order chi connectivity index (χ0) is 17.2. The number of hydrogen-bond acceptors (Lipinski definition) is 3. The van der Waals surface area contributed by atoms with E-state index < -0.39 is 0 Å². The Balaban J connectivity index is 1.55. The van der Waals surface area contributed by atoms with Crippen LogP contribution in [-0.4, -0.2) is 11.1 Å². The van der Waals surface area contributed by atoms with Crippen molar-refractivity contribution in [2.45, 2.75) is 38.7 Å². The number of fused-ring (bicyclic) bond motifs is 1. The molecule has 0 atom stereocenters. The molecule has 1 heterocycles. The third-order valence-electron chi connectivity index (χ3n) is 4.74. The van der Waals surface area contributed by atoms with Gasteiger partial charge in [0.05, 0.1) is 16.6 Å². The molecule has 0 spiro atoms. The Kier molecular flexibility index (Phi) is 4.50. The first-order valence-corrected chi connectivity index (χ1v) is 9.16. The van der Waals surface area contributed by atoms with Gasteiger partial charge in [-0.3, -0.25) is 0 Å². The summed E-state index contributed by atoms with van der Waals surface area (Å²) in [5, 5.41) is 5.09. The number of nitrogens with one attached hydrogen (secondary N) is 1. The molecule has 0 saturated heterocycles. The minimum absolute atomic E-state index is 0.377. The van der Waals surface area contributed by atoms with Crippen molar-refractivity contribution in [1.29, 1.82) is 0 Å². The predicted octanol–water partition coefficient (Wildman–Crippen LogP) is 6.26. The average molecular weight is 353 g/mol. The zero-order valence-corrected chi connectivity index (χ0v) is 15.0. The summed E-state index contributed by atoms with van der Waals surface area (Å²) >= 11 is 6.26. The second-order valence-corrected chi connectivity index (χ2v) is 7.04. The van der Waals surface area contributed by atoms with Crippen molar-refractivity contribution in [3.8, 4) is 5.75 Å². The van der Waals surface area contributed by atoms with E-state index in [4.69, 9.17) is 16.3 Å². The van der Waals surface area contributed by atoms with Crippen LogP contribution in [0.15, 0.2) is 48.5 Å². The lowest BCUT2D eigenvalue weighted by Gasteiger charge is -2.15. The molecule has 4 rings (SSSR count). The standard InChI is InChI=1S/C21H21ClN2O/c1-14-13-17(25-16-6-2-3-7-16)10-11-19(14)23-20-12-9-15-5-4-8-18(22)21(15)24-20/h4-5,8-13,16H,2-3,6-7H2,1H3,(H,23,24). The lowest BCUT2D eigenvalue weighted by atomic mass is 10.1. The summed E-state index contributed by atoms with van der Waals surface area (Å²) in [5.74, 6) is 1.73. The number of halogens is 1. The minimum atomic E-state index is 0.377. The molecule has 0 radical (unpaired) electrons. The molecule has 1 fully saturated rings. The molecule has 3 aromatic rings. The molecular weight excluding hydrogens is 332 g/mol. The Morgan fingerprint density at radius 3 is 2.72 bits per heavy atom. The third kappa shape index (κ3) is 3.57. The van der Waals surface area contributed by atoms with E-state index in [0.717, 1.165) is 33.7 Å². The number of aryl methyl sites for hydroxylation is 1. The Morgan fingerprint density at radius 1 is 1.08 bits per heavy atom. The van der Waals surface area contributed by atoms with Gasteiger partial charge in [-0.15, -0.1) is 0 Å². The van der Waals surface area contributed by atoms with Crippen molar-refractivity contribution in [2.75, 3.05) is 5.32 Å². The maximum Gasteiger partial charge on any atom is 0.131 e. The fourth-order valence-corrected chi connectivity index (χ4v) is 3.59. The summed E-state index contributed by atoms with van der Waals surface area (Å²) in [4.78, 5) is 4.64. The van der Waals surface area contributed by atoms with Crippen LogP contribution >= 0.6 is 11.6 Å². The third-order valence-corrected chi connectivity index (χ3v) is 5.04. The van der Waals surface area contributed by atoms with Gasteiger partial charge in [0.25, 0.3) is 0 Å². The summed E-state index contributed by atoms with van der Waals surface area (Å²) in [6.45, 7) is 2.08. The van der Waals surface area contributed by atoms with Crippen LogP contribution in [0.4, 0.5) is 11.5 Å². The van der Waals surface area contributed by atoms with Crippen molar-refractivity contribution in [1.82, 2.24) is 4.98 Å². The second-order valence-electron chi connectivity index (χ2n) is 6.63. The van der Waals surface area contributed by atoms with E-state index in [9.17, 15) is 0 Å². The quantitative estimate of drug-likeness (QED) is 0.601. The van der Waals surface area contributed by atoms with Gasteiger partial charge in [-0.05, 0) is 74.6 Å². The summed E-state index contributed by atoms with van der Waals surface area (Å²) in [7, 11) is 0. The first-order valence-electron chi connectivity index (χ1n) is 8.79. The highest BCUT2D eigenvalue weighted by molar-refractivity contribution is 6.35. The molecule has 0 bridgehead atoms. The van der Waals surface area contributed by atoms with Gasteiger partial charge in [-0.25, -0.2) is 4.98 Å². The molecule has 3 nitrogen and oxygen atoms in total. The van der Waals surface area contributed by atoms with E-state index in [0.29, 0.717) is 11.1 Å². The van der Waals surface area contributed by atoms with Gasteiger partial charge in [0, 0.05) is 11.1 Å². The number of nitrogens with zero attached hydrogens (tertiary/aromatic N) is 1. The number of anilines is 2. The Bertz CT molecular complexity index is 904. The fraction of sp³-hybridized carbons (Fsp3) is 0.286. The maximum atomic E-state index is 6.26. The molecule has 4 heteroatoms. The first-order chi connectivity index (χ1) is 12.2. The number of ether oxygens (including phenoxy) is 1. The van der Waals surface area contributed by atoms with Gasteiger partial charge < -0.3 is 10.1 Å². The van der Waals surface area contributed by atoms with Gasteiger partial charge in [0.1, 0.15) is 11.6 Å². The molecule has 0 unspecified atom stereocenters. The van der Waals surface area contributed by atoms with Crippen LogP contribution in [0.25, 0.3) is 10.9 Å². The SMILES string of the molecule is Cc1cc(OC2CCCC2)ccc1Nc1ccc2cccc(Cl)c2n1. The van der Waals surface area contributed by atoms with Crippen molar-refractivity contribution in [2.24, 2.45) is 0 Å². The second kappa shape index (κ2) is 6.93. The van der Waals surface area contributed by atoms with E-state index in [-0.39, 0.29) is 0 Å². The number of benzene rings is 2. The number of pyridine rings is 1. The van der Waals surface area contributed by atoms with Gasteiger partial charge in [-0.1, -0.05) is 23.7 Å². The van der Waals surface area contributed by atoms with Crippen LogP contribution in [0.3, 0.4) is 0 Å². The fourth-order valence-electron chi connectivity index (χ4n) is 3.37. The lowest BCUT2D eigenvalue weighted by Crippen LogP contribution is -2.10. The van der Waals surface area contributed by atoms with E-state index in [1.807, 2.05) is 36.4 Å². The monoisotopic (exact) mass is 352 g/mol.